The van der Waals surface area contributed by atoms with Crippen molar-refractivity contribution in [1.29, 1.82) is 0 Å². The molecule has 54 heavy (non-hydrogen) atoms. The molecule has 13 nitrogen and oxygen atoms in total. The van der Waals surface area contributed by atoms with Crippen LogP contribution in [0.15, 0.2) is 24.3 Å². The highest BCUT2D eigenvalue weighted by molar-refractivity contribution is 6.01. The van der Waals surface area contributed by atoms with Crippen LogP contribution >= 0.6 is 0 Å². The first-order valence-corrected chi connectivity index (χ1v) is 19.1. The van der Waals surface area contributed by atoms with Crippen molar-refractivity contribution in [2.45, 2.75) is 123 Å². The van der Waals surface area contributed by atoms with Gasteiger partial charge in [0.15, 0.2) is 5.78 Å². The van der Waals surface area contributed by atoms with Crippen molar-refractivity contribution in [2.24, 2.45) is 23.7 Å². The van der Waals surface area contributed by atoms with Gasteiger partial charge in [-0.1, -0.05) is 54.9 Å². The Morgan fingerprint density at radius 1 is 0.889 bits per heavy atom. The topological polar surface area (TPSA) is 156 Å². The van der Waals surface area contributed by atoms with Gasteiger partial charge in [-0.25, -0.2) is 4.39 Å². The van der Waals surface area contributed by atoms with Crippen LogP contribution in [0.3, 0.4) is 0 Å². The van der Waals surface area contributed by atoms with Crippen molar-refractivity contribution in [1.82, 2.24) is 25.8 Å². The first-order valence-electron chi connectivity index (χ1n) is 19.1. The van der Waals surface area contributed by atoms with Crippen LogP contribution < -0.4 is 16.0 Å². The number of amides is 4. The highest BCUT2D eigenvalue weighted by atomic mass is 19.1. The number of nitrogens with zero attached hydrogens (tertiary/aromatic N) is 2. The number of likely N-dealkylation sites (tertiary alicyclic amines) is 1. The first kappa shape index (κ1) is 46.7. The molecule has 0 aromatic heterocycles. The Hall–Kier alpha value is -3.46. The minimum Gasteiger partial charge on any atom is -0.380 e. The van der Waals surface area contributed by atoms with Gasteiger partial charge in [-0.2, -0.15) is 0 Å². The quantitative estimate of drug-likeness (QED) is 0.160. The number of methoxy groups -OCH3 is 3. The van der Waals surface area contributed by atoms with E-state index in [2.05, 4.69) is 16.0 Å². The number of hydrogen-bond acceptors (Lipinski definition) is 9. The van der Waals surface area contributed by atoms with Gasteiger partial charge in [0.25, 0.3) is 0 Å². The average Bonchev–Trinajstić information content (AvgIpc) is 3.57. The molecule has 1 aliphatic heterocycles. The smallest absolute Gasteiger partial charge is 0.245 e. The molecule has 0 saturated carbocycles. The van der Waals surface area contributed by atoms with Crippen molar-refractivity contribution in [3.8, 4) is 0 Å². The van der Waals surface area contributed by atoms with E-state index in [0.717, 1.165) is 0 Å². The van der Waals surface area contributed by atoms with Crippen LogP contribution in [-0.2, 0) is 33.4 Å². The molecule has 0 spiro atoms. The standard InChI is InChI=1S/C40H66FN5O8/c1-14-24(6)35(45(10)40(51)34(23(4)5)44-39(50)33(42-9)22(2)3)31(53-12)20-32(47)46-21-29(52-11)19-30(46)37(54-13)25(7)38(49)43-26(8)36(48)27-15-17-28(41)18-16-27/h15-18,22-26,29-31,33-35,37,42H,14,19-21H2,1-13H3,(H,43,49)(H,44,50)/t24-,25+,26-,29+,30+,31+,33-,34?,35-,37+/m0/s1. The maximum Gasteiger partial charge on any atom is 0.245 e. The zero-order valence-electron chi connectivity index (χ0n) is 34.6. The lowest BCUT2D eigenvalue weighted by atomic mass is 9.89. The van der Waals surface area contributed by atoms with Gasteiger partial charge in [0.2, 0.25) is 23.6 Å². The van der Waals surface area contributed by atoms with Crippen LogP contribution in [0.5, 0.6) is 0 Å². The number of nitrogens with one attached hydrogen (secondary N) is 3. The number of rotatable bonds is 21. The fourth-order valence-corrected chi connectivity index (χ4v) is 7.48. The minimum absolute atomic E-state index is 0.00941. The van der Waals surface area contributed by atoms with E-state index in [0.29, 0.717) is 12.8 Å². The Morgan fingerprint density at radius 3 is 1.96 bits per heavy atom. The number of hydrogen-bond donors (Lipinski definition) is 3. The molecule has 1 aromatic rings. The zero-order chi connectivity index (χ0) is 41.0. The number of benzene rings is 1. The maximum absolute atomic E-state index is 14.3. The summed E-state index contributed by atoms with van der Waals surface area (Å²) in [4.78, 5) is 71.5. The van der Waals surface area contributed by atoms with E-state index in [1.54, 1.807) is 44.9 Å². The maximum atomic E-state index is 14.3. The molecular weight excluding hydrogens is 697 g/mol. The summed E-state index contributed by atoms with van der Waals surface area (Å²) in [5, 5.41) is 8.76. The van der Waals surface area contributed by atoms with Crippen molar-refractivity contribution >= 4 is 29.4 Å². The average molecular weight is 764 g/mol. The molecule has 1 aromatic carbocycles. The van der Waals surface area contributed by atoms with Crippen molar-refractivity contribution in [3.05, 3.63) is 35.6 Å². The third kappa shape index (κ3) is 11.8. The Kier molecular flexibility index (Phi) is 18.7. The summed E-state index contributed by atoms with van der Waals surface area (Å²) in [6.07, 6.45) is -0.725. The van der Waals surface area contributed by atoms with Gasteiger partial charge in [0.1, 0.15) is 11.9 Å². The molecule has 0 aliphatic carbocycles. The van der Waals surface area contributed by atoms with Crippen LogP contribution in [0.4, 0.5) is 4.39 Å². The summed E-state index contributed by atoms with van der Waals surface area (Å²) in [7, 11) is 7.97. The summed E-state index contributed by atoms with van der Waals surface area (Å²) in [6.45, 7) is 15.2. The molecule has 14 heteroatoms. The molecule has 1 heterocycles. The summed E-state index contributed by atoms with van der Waals surface area (Å²) < 4.78 is 31.0. The van der Waals surface area contributed by atoms with Crippen LogP contribution in [0.25, 0.3) is 0 Å². The zero-order valence-corrected chi connectivity index (χ0v) is 34.6. The van der Waals surface area contributed by atoms with Crippen LogP contribution in [0.2, 0.25) is 0 Å². The van der Waals surface area contributed by atoms with Gasteiger partial charge in [-0.05, 0) is 62.4 Å². The second-order valence-corrected chi connectivity index (χ2v) is 15.3. The summed E-state index contributed by atoms with van der Waals surface area (Å²) in [5.41, 5.74) is 0.268. The Morgan fingerprint density at radius 2 is 1.48 bits per heavy atom. The van der Waals surface area contributed by atoms with Crippen LogP contribution in [0.1, 0.15) is 85.0 Å². The minimum atomic E-state index is -0.890. The van der Waals surface area contributed by atoms with E-state index in [1.165, 1.54) is 38.5 Å². The molecule has 4 amide bonds. The number of ketones is 1. The Labute approximate surface area is 321 Å². The Balaban J connectivity index is 2.32. The summed E-state index contributed by atoms with van der Waals surface area (Å²) >= 11 is 0. The van der Waals surface area contributed by atoms with E-state index in [9.17, 15) is 28.4 Å². The second kappa shape index (κ2) is 21.6. The summed E-state index contributed by atoms with van der Waals surface area (Å²) in [6, 6.07) is 1.90. The van der Waals surface area contributed by atoms with Gasteiger partial charge in [0, 0.05) is 40.5 Å². The third-order valence-electron chi connectivity index (χ3n) is 11.0. The Bertz CT molecular complexity index is 1390. The van der Waals surface area contributed by atoms with Gasteiger partial charge in [-0.3, -0.25) is 24.0 Å². The van der Waals surface area contributed by atoms with E-state index in [-0.39, 0.29) is 65.9 Å². The predicted octanol–water partition coefficient (Wildman–Crippen LogP) is 3.44. The van der Waals surface area contributed by atoms with Gasteiger partial charge in [-0.15, -0.1) is 0 Å². The molecule has 1 fully saturated rings. The molecule has 306 valence electrons. The van der Waals surface area contributed by atoms with Crippen molar-refractivity contribution < 1.29 is 42.6 Å². The lowest BCUT2D eigenvalue weighted by molar-refractivity contribution is -0.148. The van der Waals surface area contributed by atoms with Crippen molar-refractivity contribution in [3.63, 3.8) is 0 Å². The van der Waals surface area contributed by atoms with E-state index >= 15 is 0 Å². The number of Topliss-reactive ketones (excluding diaryl/α,β-unsaturated/α-hetero) is 1. The lowest BCUT2D eigenvalue weighted by Gasteiger charge is -2.41. The van der Waals surface area contributed by atoms with E-state index in [4.69, 9.17) is 14.2 Å². The van der Waals surface area contributed by atoms with E-state index in [1.807, 2.05) is 41.5 Å². The lowest BCUT2D eigenvalue weighted by Crippen LogP contribution is -2.59. The van der Waals surface area contributed by atoms with Crippen LogP contribution in [-0.4, -0.2) is 130 Å². The highest BCUT2D eigenvalue weighted by Crippen LogP contribution is 2.31. The van der Waals surface area contributed by atoms with E-state index < -0.39 is 60.1 Å². The molecule has 3 N–H and O–H groups in total. The SMILES string of the molecule is CC[C@H](C)[C@@H]([C@@H](CC(=O)N1C[C@H](OC)C[C@@H]1[C@H](OC)[C@@H](C)C(=O)N[C@@H](C)C(=O)c1ccc(F)cc1)OC)N(C)C(=O)C(NC(=O)[C@@H](NC)C(C)C)C(C)C. The molecule has 10 atom stereocenters. The van der Waals surface area contributed by atoms with Gasteiger partial charge >= 0.3 is 0 Å². The molecule has 1 unspecified atom stereocenters. The molecule has 0 radical (unpaired) electrons. The monoisotopic (exact) mass is 763 g/mol. The molecule has 1 aliphatic rings. The van der Waals surface area contributed by atoms with Gasteiger partial charge < -0.3 is 40.0 Å². The molecule has 2 rings (SSSR count). The van der Waals surface area contributed by atoms with Crippen LogP contribution in [0, 0.1) is 29.5 Å². The fraction of sp³-hybridized carbons (Fsp3) is 0.725. The summed E-state index contributed by atoms with van der Waals surface area (Å²) in [5.74, 6) is -3.11. The number of carbonyl (C=O) groups is 5. The van der Waals surface area contributed by atoms with Gasteiger partial charge in [0.05, 0.1) is 54.8 Å². The molecule has 1 saturated heterocycles. The number of likely N-dealkylation sites (N-methyl/N-ethyl adjacent to an activating group) is 2. The number of ether oxygens (including phenoxy) is 3. The first-order chi connectivity index (χ1) is 25.4. The van der Waals surface area contributed by atoms with Crippen molar-refractivity contribution in [2.75, 3.05) is 42.0 Å². The fourth-order valence-electron chi connectivity index (χ4n) is 7.48. The predicted molar refractivity (Wildman–Crippen MR) is 205 cm³/mol. The highest BCUT2D eigenvalue weighted by Gasteiger charge is 2.46. The second-order valence-electron chi connectivity index (χ2n) is 15.3. The molecule has 0 bridgehead atoms. The largest absolute Gasteiger partial charge is 0.380 e. The molecular formula is C40H66FN5O8. The number of halogens is 1. The third-order valence-corrected chi connectivity index (χ3v) is 11.0. The normalized spacial score (nSPS) is 20.4. The number of carbonyl (C=O) groups excluding carboxylic acids is 5.